The van der Waals surface area contributed by atoms with Crippen LogP contribution in [0.3, 0.4) is 0 Å². The highest BCUT2D eigenvalue weighted by atomic mass is 32.2. The van der Waals surface area contributed by atoms with Crippen LogP contribution >= 0.6 is 24.0 Å². The number of carbonyl (C=O) groups is 2. The highest BCUT2D eigenvalue weighted by molar-refractivity contribution is 8.23. The molecule has 2 aromatic carbocycles. The second-order valence-corrected chi connectivity index (χ2v) is 9.43. The lowest BCUT2D eigenvalue weighted by Crippen LogP contribution is -2.47. The van der Waals surface area contributed by atoms with Crippen molar-refractivity contribution in [1.29, 1.82) is 0 Å². The number of amides is 2. The number of hydrogen-bond acceptors (Lipinski definition) is 6. The molecule has 6 nitrogen and oxygen atoms in total. The van der Waals surface area contributed by atoms with E-state index < -0.39 is 5.25 Å². The number of benzene rings is 2. The van der Waals surface area contributed by atoms with Gasteiger partial charge in [0.1, 0.15) is 15.3 Å². The summed E-state index contributed by atoms with van der Waals surface area (Å²) in [6.45, 7) is 4.43. The van der Waals surface area contributed by atoms with E-state index in [1.165, 1.54) is 22.2 Å². The van der Waals surface area contributed by atoms with Gasteiger partial charge in [-0.2, -0.15) is 0 Å². The third-order valence-electron chi connectivity index (χ3n) is 5.56. The van der Waals surface area contributed by atoms with Gasteiger partial charge >= 0.3 is 0 Å². The van der Waals surface area contributed by atoms with E-state index in [0.717, 1.165) is 32.7 Å². The normalized spacial score (nSPS) is 19.7. The fourth-order valence-electron chi connectivity index (χ4n) is 3.83. The Morgan fingerprint density at radius 2 is 1.71 bits per heavy atom. The quantitative estimate of drug-likeness (QED) is 0.507. The van der Waals surface area contributed by atoms with Crippen LogP contribution in [-0.2, 0) is 16.1 Å². The highest BCUT2D eigenvalue weighted by Gasteiger charge is 2.41. The van der Waals surface area contributed by atoms with Gasteiger partial charge in [0.25, 0.3) is 0 Å². The summed E-state index contributed by atoms with van der Waals surface area (Å²) in [5.41, 5.74) is 1.88. The van der Waals surface area contributed by atoms with E-state index in [-0.39, 0.29) is 18.2 Å². The molecule has 162 valence electrons. The Labute approximate surface area is 192 Å². The number of ether oxygens (including phenoxy) is 1. The van der Waals surface area contributed by atoms with E-state index in [0.29, 0.717) is 15.8 Å². The molecule has 0 radical (unpaired) electrons. The first-order valence-corrected chi connectivity index (χ1v) is 11.6. The molecule has 0 spiro atoms. The van der Waals surface area contributed by atoms with Crippen molar-refractivity contribution in [1.82, 2.24) is 9.80 Å². The van der Waals surface area contributed by atoms with Gasteiger partial charge in [0.15, 0.2) is 0 Å². The first kappa shape index (κ1) is 21.8. The SMILES string of the molecule is COc1ccc(N2C(=O)C[C@H](SC(=S)N3CCN(Cc4ccccc4)CC3)C2=O)cc1. The molecule has 2 amide bonds. The number of hydrogen-bond donors (Lipinski definition) is 0. The average molecular weight is 456 g/mol. The fraction of sp³-hybridized carbons (Fsp3) is 0.348. The van der Waals surface area contributed by atoms with Gasteiger partial charge in [-0.3, -0.25) is 14.5 Å². The van der Waals surface area contributed by atoms with E-state index in [2.05, 4.69) is 34.1 Å². The molecule has 0 saturated carbocycles. The van der Waals surface area contributed by atoms with Crippen LogP contribution in [0.15, 0.2) is 54.6 Å². The van der Waals surface area contributed by atoms with Gasteiger partial charge in [0.2, 0.25) is 11.8 Å². The molecular formula is C23H25N3O3S2. The fourth-order valence-corrected chi connectivity index (χ4v) is 5.36. The summed E-state index contributed by atoms with van der Waals surface area (Å²) in [4.78, 5) is 31.3. The number of imide groups is 1. The Morgan fingerprint density at radius 1 is 1.03 bits per heavy atom. The second-order valence-electron chi connectivity index (χ2n) is 7.59. The number of thiocarbonyl (C=S) groups is 1. The van der Waals surface area contributed by atoms with Crippen LogP contribution in [0, 0.1) is 0 Å². The van der Waals surface area contributed by atoms with Crippen molar-refractivity contribution in [2.75, 3.05) is 38.2 Å². The van der Waals surface area contributed by atoms with E-state index >= 15 is 0 Å². The molecule has 0 N–H and O–H groups in total. The molecule has 2 heterocycles. The number of nitrogens with zero attached hydrogens (tertiary/aromatic N) is 3. The summed E-state index contributed by atoms with van der Waals surface area (Å²) in [6, 6.07) is 17.4. The third-order valence-corrected chi connectivity index (χ3v) is 7.22. The Morgan fingerprint density at radius 3 is 2.35 bits per heavy atom. The molecule has 31 heavy (non-hydrogen) atoms. The summed E-state index contributed by atoms with van der Waals surface area (Å²) >= 11 is 6.97. The molecule has 2 fully saturated rings. The van der Waals surface area contributed by atoms with Crippen LogP contribution in [0.2, 0.25) is 0 Å². The Hall–Kier alpha value is -2.42. The van der Waals surface area contributed by atoms with Crippen LogP contribution in [0.4, 0.5) is 5.69 Å². The predicted octanol–water partition coefficient (Wildman–Crippen LogP) is 3.16. The maximum Gasteiger partial charge on any atom is 0.247 e. The van der Waals surface area contributed by atoms with Crippen LogP contribution in [0.5, 0.6) is 5.75 Å². The minimum absolute atomic E-state index is 0.170. The zero-order chi connectivity index (χ0) is 21.8. The van der Waals surface area contributed by atoms with Gasteiger partial charge in [-0.1, -0.05) is 54.3 Å². The van der Waals surface area contributed by atoms with E-state index in [4.69, 9.17) is 17.0 Å². The van der Waals surface area contributed by atoms with Crippen molar-refractivity contribution in [3.8, 4) is 5.75 Å². The van der Waals surface area contributed by atoms with Gasteiger partial charge in [0.05, 0.1) is 12.8 Å². The van der Waals surface area contributed by atoms with Gasteiger partial charge in [0, 0.05) is 39.1 Å². The first-order valence-electron chi connectivity index (χ1n) is 10.3. The molecule has 0 unspecified atom stereocenters. The minimum Gasteiger partial charge on any atom is -0.497 e. The highest BCUT2D eigenvalue weighted by Crippen LogP contribution is 2.32. The molecule has 0 aromatic heterocycles. The molecule has 4 rings (SSSR count). The Kier molecular flexibility index (Phi) is 6.89. The molecule has 0 aliphatic carbocycles. The zero-order valence-corrected chi connectivity index (χ0v) is 19.0. The maximum absolute atomic E-state index is 12.9. The summed E-state index contributed by atoms with van der Waals surface area (Å²) in [6.07, 6.45) is 0.170. The van der Waals surface area contributed by atoms with Crippen molar-refractivity contribution in [2.24, 2.45) is 0 Å². The molecule has 2 aliphatic heterocycles. The summed E-state index contributed by atoms with van der Waals surface area (Å²) in [5, 5.41) is -0.468. The van der Waals surface area contributed by atoms with Gasteiger partial charge in [-0.05, 0) is 29.8 Å². The molecular weight excluding hydrogens is 430 g/mol. The molecule has 2 aromatic rings. The summed E-state index contributed by atoms with van der Waals surface area (Å²) in [5.74, 6) is 0.287. The molecule has 0 bridgehead atoms. The Balaban J connectivity index is 1.30. The topological polar surface area (TPSA) is 53.1 Å². The van der Waals surface area contributed by atoms with Gasteiger partial charge in [-0.25, -0.2) is 4.90 Å². The van der Waals surface area contributed by atoms with Crippen molar-refractivity contribution in [2.45, 2.75) is 18.2 Å². The van der Waals surface area contributed by atoms with Crippen molar-refractivity contribution in [3.05, 3.63) is 60.2 Å². The third kappa shape index (κ3) is 5.08. The Bertz CT molecular complexity index is 944. The first-order chi connectivity index (χ1) is 15.0. The number of methoxy groups -OCH3 is 1. The lowest BCUT2D eigenvalue weighted by molar-refractivity contribution is -0.121. The lowest BCUT2D eigenvalue weighted by atomic mass is 10.2. The number of thioether (sulfide) groups is 1. The van der Waals surface area contributed by atoms with E-state index in [9.17, 15) is 9.59 Å². The van der Waals surface area contributed by atoms with Crippen LogP contribution < -0.4 is 9.64 Å². The van der Waals surface area contributed by atoms with Crippen LogP contribution in [0.25, 0.3) is 0 Å². The van der Waals surface area contributed by atoms with Crippen LogP contribution in [-0.4, -0.2) is 64.5 Å². The predicted molar refractivity (Wildman–Crippen MR) is 127 cm³/mol. The summed E-state index contributed by atoms with van der Waals surface area (Å²) < 4.78 is 5.84. The maximum atomic E-state index is 12.9. The molecule has 1 atom stereocenters. The van der Waals surface area contributed by atoms with Crippen LogP contribution in [0.1, 0.15) is 12.0 Å². The monoisotopic (exact) mass is 455 g/mol. The molecule has 2 saturated heterocycles. The van der Waals surface area contributed by atoms with Crippen molar-refractivity contribution >= 4 is 45.8 Å². The smallest absolute Gasteiger partial charge is 0.247 e. The number of anilines is 1. The zero-order valence-electron chi connectivity index (χ0n) is 17.4. The van der Waals surface area contributed by atoms with Gasteiger partial charge < -0.3 is 9.64 Å². The largest absolute Gasteiger partial charge is 0.497 e. The van der Waals surface area contributed by atoms with Gasteiger partial charge in [-0.15, -0.1) is 0 Å². The summed E-state index contributed by atoms with van der Waals surface area (Å²) in [7, 11) is 1.58. The standard InChI is InChI=1S/C23H25N3O3S2/c1-29-19-9-7-18(8-10-19)26-21(27)15-20(22(26)28)31-23(30)25-13-11-24(12-14-25)16-17-5-3-2-4-6-17/h2-10,20H,11-16H2,1H3/t20-/m0/s1. The number of carbonyl (C=O) groups excluding carboxylic acids is 2. The molecule has 8 heteroatoms. The van der Waals surface area contributed by atoms with E-state index in [1.807, 2.05) is 6.07 Å². The lowest BCUT2D eigenvalue weighted by Gasteiger charge is -2.36. The average Bonchev–Trinajstić information content (AvgIpc) is 3.07. The second kappa shape index (κ2) is 9.80. The molecule has 2 aliphatic rings. The van der Waals surface area contributed by atoms with Crippen molar-refractivity contribution in [3.63, 3.8) is 0 Å². The van der Waals surface area contributed by atoms with Crippen molar-refractivity contribution < 1.29 is 14.3 Å². The number of piperazine rings is 1. The van der Waals surface area contributed by atoms with E-state index in [1.54, 1.807) is 31.4 Å². The minimum atomic E-state index is -0.468. The number of rotatable bonds is 5.